The van der Waals surface area contributed by atoms with Crippen LogP contribution in [0.25, 0.3) is 11.3 Å². The van der Waals surface area contributed by atoms with Crippen molar-refractivity contribution >= 4 is 17.7 Å². The minimum absolute atomic E-state index is 0.0375. The number of hydrogen-bond donors (Lipinski definition) is 1. The highest BCUT2D eigenvalue weighted by Gasteiger charge is 2.14. The summed E-state index contributed by atoms with van der Waals surface area (Å²) < 4.78 is 5.08. The van der Waals surface area contributed by atoms with Gasteiger partial charge >= 0.3 is 5.97 Å². The van der Waals surface area contributed by atoms with Gasteiger partial charge in [-0.1, -0.05) is 55.9 Å². The number of aromatic amines is 1. The number of nitrogens with zero attached hydrogens (tertiary/aromatic N) is 2. The summed E-state index contributed by atoms with van der Waals surface area (Å²) in [5, 5.41) is 9.48. The van der Waals surface area contributed by atoms with Crippen LogP contribution in [-0.4, -0.2) is 28.3 Å². The number of aromatic nitrogens is 2. The van der Waals surface area contributed by atoms with Gasteiger partial charge in [0.05, 0.1) is 18.1 Å². The smallest absolute Gasteiger partial charge is 0.316 e. The summed E-state index contributed by atoms with van der Waals surface area (Å²) in [7, 11) is 0. The van der Waals surface area contributed by atoms with Crippen LogP contribution in [0.4, 0.5) is 0 Å². The highest BCUT2D eigenvalue weighted by atomic mass is 32.2. The lowest BCUT2D eigenvalue weighted by atomic mass is 10.1. The molecular weight excluding hydrogens is 326 g/mol. The van der Waals surface area contributed by atoms with Crippen LogP contribution in [0.15, 0.2) is 40.3 Å². The van der Waals surface area contributed by atoms with Gasteiger partial charge in [0, 0.05) is 5.56 Å². The first kappa shape index (κ1) is 17.8. The van der Waals surface area contributed by atoms with Crippen LogP contribution in [-0.2, 0) is 9.53 Å². The van der Waals surface area contributed by atoms with Crippen molar-refractivity contribution in [2.75, 3.05) is 12.4 Å². The zero-order chi connectivity index (χ0) is 17.5. The summed E-state index contributed by atoms with van der Waals surface area (Å²) in [5.74, 6) is -0.0751. The first-order valence-corrected chi connectivity index (χ1v) is 8.38. The standard InChI is InChI=1S/C17H17N3O3S/c1-11(2)9-23-14(21)10-24-17-19-15(12-6-4-3-5-7-12)13(8-18)16(22)20-17/h3-7,11H,9-10H2,1-2H3,(H,19,20,22). The molecule has 0 bridgehead atoms. The van der Waals surface area contributed by atoms with Gasteiger partial charge in [0.25, 0.3) is 5.56 Å². The molecule has 1 N–H and O–H groups in total. The van der Waals surface area contributed by atoms with Crippen molar-refractivity contribution in [3.63, 3.8) is 0 Å². The molecule has 1 heterocycles. The highest BCUT2D eigenvalue weighted by molar-refractivity contribution is 7.99. The molecule has 0 atom stereocenters. The lowest BCUT2D eigenvalue weighted by molar-refractivity contribution is -0.141. The number of H-pyrrole nitrogens is 1. The van der Waals surface area contributed by atoms with Crippen molar-refractivity contribution in [2.24, 2.45) is 5.92 Å². The lowest BCUT2D eigenvalue weighted by Gasteiger charge is -2.08. The molecule has 0 aliphatic carbocycles. The average Bonchev–Trinajstić information content (AvgIpc) is 2.58. The van der Waals surface area contributed by atoms with E-state index in [0.717, 1.165) is 11.8 Å². The Balaban J connectivity index is 2.21. The molecular formula is C17H17N3O3S. The summed E-state index contributed by atoms with van der Waals surface area (Å²) >= 11 is 1.07. The number of nitrogens with one attached hydrogen (secondary N) is 1. The van der Waals surface area contributed by atoms with Gasteiger partial charge in [-0.3, -0.25) is 9.59 Å². The minimum Gasteiger partial charge on any atom is -0.465 e. The Hall–Kier alpha value is -2.59. The quantitative estimate of drug-likeness (QED) is 0.492. The van der Waals surface area contributed by atoms with Gasteiger partial charge in [0.15, 0.2) is 5.16 Å². The fourth-order valence-electron chi connectivity index (χ4n) is 1.86. The van der Waals surface area contributed by atoms with Crippen molar-refractivity contribution in [1.82, 2.24) is 9.97 Å². The van der Waals surface area contributed by atoms with Crippen LogP contribution in [0.3, 0.4) is 0 Å². The van der Waals surface area contributed by atoms with Crippen LogP contribution in [0.5, 0.6) is 0 Å². The second kappa shape index (κ2) is 8.31. The van der Waals surface area contributed by atoms with Gasteiger partial charge in [-0.2, -0.15) is 5.26 Å². The van der Waals surface area contributed by atoms with Crippen LogP contribution >= 0.6 is 11.8 Å². The normalized spacial score (nSPS) is 10.4. The summed E-state index contributed by atoms with van der Waals surface area (Å²) in [4.78, 5) is 30.6. The van der Waals surface area contributed by atoms with E-state index in [1.807, 2.05) is 26.0 Å². The largest absolute Gasteiger partial charge is 0.465 e. The van der Waals surface area contributed by atoms with E-state index in [9.17, 15) is 14.9 Å². The van der Waals surface area contributed by atoms with E-state index in [1.54, 1.807) is 24.3 Å². The maximum atomic E-state index is 12.1. The number of rotatable bonds is 6. The molecule has 0 radical (unpaired) electrons. The zero-order valence-electron chi connectivity index (χ0n) is 13.4. The molecule has 0 saturated carbocycles. The van der Waals surface area contributed by atoms with Crippen LogP contribution in [0.1, 0.15) is 19.4 Å². The third kappa shape index (κ3) is 4.70. The van der Waals surface area contributed by atoms with Crippen molar-refractivity contribution in [3.8, 4) is 17.3 Å². The summed E-state index contributed by atoms with van der Waals surface area (Å²) in [6.45, 7) is 4.25. The van der Waals surface area contributed by atoms with E-state index in [1.165, 1.54) is 0 Å². The highest BCUT2D eigenvalue weighted by Crippen LogP contribution is 2.21. The number of nitriles is 1. The predicted molar refractivity (Wildman–Crippen MR) is 91.5 cm³/mol. The molecule has 0 amide bonds. The number of carbonyl (C=O) groups excluding carboxylic acids is 1. The summed E-state index contributed by atoms with van der Waals surface area (Å²) in [5.41, 5.74) is 0.404. The van der Waals surface area contributed by atoms with Crippen molar-refractivity contribution in [1.29, 1.82) is 5.26 Å². The van der Waals surface area contributed by atoms with Gasteiger partial charge in [-0.15, -0.1) is 0 Å². The van der Waals surface area contributed by atoms with Gasteiger partial charge in [0.2, 0.25) is 0 Å². The molecule has 1 aromatic carbocycles. The Morgan fingerprint density at radius 1 is 1.38 bits per heavy atom. The zero-order valence-corrected chi connectivity index (χ0v) is 14.2. The van der Waals surface area contributed by atoms with Gasteiger partial charge in [-0.05, 0) is 5.92 Å². The molecule has 0 aliphatic heterocycles. The fourth-order valence-corrected chi connectivity index (χ4v) is 2.52. The molecule has 2 rings (SSSR count). The third-order valence-corrected chi connectivity index (χ3v) is 3.81. The molecule has 0 fully saturated rings. The van der Waals surface area contributed by atoms with E-state index >= 15 is 0 Å². The Labute approximate surface area is 143 Å². The van der Waals surface area contributed by atoms with Crippen molar-refractivity contribution < 1.29 is 9.53 Å². The number of ether oxygens (including phenoxy) is 1. The molecule has 2 aromatic rings. The van der Waals surface area contributed by atoms with E-state index in [-0.39, 0.29) is 28.4 Å². The second-order valence-electron chi connectivity index (χ2n) is 5.44. The minimum atomic E-state index is -0.524. The van der Waals surface area contributed by atoms with E-state index < -0.39 is 5.56 Å². The van der Waals surface area contributed by atoms with Crippen LogP contribution in [0, 0.1) is 17.2 Å². The predicted octanol–water partition coefficient (Wildman–Crippen LogP) is 2.60. The molecule has 0 saturated heterocycles. The molecule has 24 heavy (non-hydrogen) atoms. The average molecular weight is 343 g/mol. The Bertz CT molecular complexity index is 810. The maximum absolute atomic E-state index is 12.1. The number of hydrogen-bond acceptors (Lipinski definition) is 6. The number of thioether (sulfide) groups is 1. The molecule has 0 spiro atoms. The van der Waals surface area contributed by atoms with Gasteiger partial charge in [0.1, 0.15) is 11.6 Å². The van der Waals surface area contributed by atoms with Gasteiger partial charge < -0.3 is 9.72 Å². The fraction of sp³-hybridized carbons (Fsp3) is 0.294. The SMILES string of the molecule is CC(C)COC(=O)CSc1nc(-c2ccccc2)c(C#N)c(=O)[nH]1. The van der Waals surface area contributed by atoms with Crippen molar-refractivity contribution in [2.45, 2.75) is 19.0 Å². The first-order chi connectivity index (χ1) is 11.5. The number of benzene rings is 1. The van der Waals surface area contributed by atoms with Gasteiger partial charge in [-0.25, -0.2) is 4.98 Å². The van der Waals surface area contributed by atoms with E-state index in [4.69, 9.17) is 4.74 Å². The summed E-state index contributed by atoms with van der Waals surface area (Å²) in [6, 6.07) is 10.9. The monoisotopic (exact) mass is 343 g/mol. The molecule has 6 nitrogen and oxygen atoms in total. The van der Waals surface area contributed by atoms with E-state index in [2.05, 4.69) is 9.97 Å². The Kier molecular flexibility index (Phi) is 6.15. The Morgan fingerprint density at radius 3 is 2.71 bits per heavy atom. The van der Waals surface area contributed by atoms with Crippen molar-refractivity contribution in [3.05, 3.63) is 46.2 Å². The molecule has 1 aromatic heterocycles. The molecule has 124 valence electrons. The first-order valence-electron chi connectivity index (χ1n) is 7.39. The maximum Gasteiger partial charge on any atom is 0.316 e. The van der Waals surface area contributed by atoms with E-state index in [0.29, 0.717) is 17.9 Å². The summed E-state index contributed by atoms with van der Waals surface area (Å²) in [6.07, 6.45) is 0. The lowest BCUT2D eigenvalue weighted by Crippen LogP contribution is -2.16. The second-order valence-corrected chi connectivity index (χ2v) is 6.40. The van der Waals surface area contributed by atoms with Crippen LogP contribution in [0.2, 0.25) is 0 Å². The molecule has 7 heteroatoms. The van der Waals surface area contributed by atoms with Crippen LogP contribution < -0.4 is 5.56 Å². The Morgan fingerprint density at radius 2 is 2.08 bits per heavy atom. The number of esters is 1. The molecule has 0 unspecified atom stereocenters. The molecule has 0 aliphatic rings. The third-order valence-electron chi connectivity index (χ3n) is 2.96. The number of carbonyl (C=O) groups is 1. The topological polar surface area (TPSA) is 95.8 Å².